The molecule has 0 bridgehead atoms. The number of rotatable bonds is 2. The lowest BCUT2D eigenvalue weighted by Crippen LogP contribution is -1.95. The van der Waals surface area contributed by atoms with Crippen LogP contribution in [0, 0.1) is 11.8 Å². The van der Waals surface area contributed by atoms with E-state index in [1.165, 1.54) is 0 Å². The predicted octanol–water partition coefficient (Wildman–Crippen LogP) is 2.36. The summed E-state index contributed by atoms with van der Waals surface area (Å²) in [5, 5.41) is 9.98. The molecule has 2 rings (SSSR count). The third kappa shape index (κ3) is 3.27. The number of methoxy groups -OCH3 is 1. The highest BCUT2D eigenvalue weighted by molar-refractivity contribution is 5.55. The molecular weight excluding hydrogens is 238 g/mol. The molecule has 96 valence electrons. The van der Waals surface area contributed by atoms with Crippen LogP contribution < -0.4 is 10.5 Å². The van der Waals surface area contributed by atoms with Crippen molar-refractivity contribution in [2.45, 2.75) is 6.10 Å². The van der Waals surface area contributed by atoms with E-state index < -0.39 is 6.10 Å². The molecule has 2 aromatic rings. The van der Waals surface area contributed by atoms with Gasteiger partial charge >= 0.3 is 0 Å². The van der Waals surface area contributed by atoms with Crippen LogP contribution >= 0.6 is 0 Å². The Morgan fingerprint density at radius 3 is 2.42 bits per heavy atom. The largest absolute Gasteiger partial charge is 0.497 e. The van der Waals surface area contributed by atoms with Gasteiger partial charge in [-0.1, -0.05) is 36.1 Å². The minimum Gasteiger partial charge on any atom is -0.497 e. The summed E-state index contributed by atoms with van der Waals surface area (Å²) in [4.78, 5) is 0. The molecular formula is C16H15NO2. The second-order valence-corrected chi connectivity index (χ2v) is 4.03. The van der Waals surface area contributed by atoms with E-state index in [1.54, 1.807) is 37.4 Å². The van der Waals surface area contributed by atoms with Crippen molar-refractivity contribution in [2.75, 3.05) is 12.8 Å². The summed E-state index contributed by atoms with van der Waals surface area (Å²) in [6.45, 7) is 0. The average molecular weight is 253 g/mol. The van der Waals surface area contributed by atoms with Gasteiger partial charge in [0.15, 0.2) is 0 Å². The van der Waals surface area contributed by atoms with Crippen molar-refractivity contribution < 1.29 is 9.84 Å². The van der Waals surface area contributed by atoms with Crippen LogP contribution in [0.25, 0.3) is 0 Å². The fourth-order valence-electron chi connectivity index (χ4n) is 1.63. The van der Waals surface area contributed by atoms with Crippen molar-refractivity contribution in [2.24, 2.45) is 0 Å². The Balaban J connectivity index is 2.17. The molecule has 19 heavy (non-hydrogen) atoms. The predicted molar refractivity (Wildman–Crippen MR) is 75.7 cm³/mol. The molecule has 0 fully saturated rings. The second-order valence-electron chi connectivity index (χ2n) is 4.03. The molecule has 3 N–H and O–H groups in total. The van der Waals surface area contributed by atoms with Gasteiger partial charge in [-0.15, -0.1) is 0 Å². The van der Waals surface area contributed by atoms with Gasteiger partial charge in [0.2, 0.25) is 0 Å². The number of anilines is 1. The number of aliphatic hydroxyl groups is 1. The Labute approximate surface area is 112 Å². The van der Waals surface area contributed by atoms with E-state index in [-0.39, 0.29) is 0 Å². The van der Waals surface area contributed by atoms with Crippen LogP contribution in [0.3, 0.4) is 0 Å². The Morgan fingerprint density at radius 2 is 1.79 bits per heavy atom. The number of ether oxygens (including phenoxy) is 1. The quantitative estimate of drug-likeness (QED) is 0.638. The first kappa shape index (κ1) is 13.0. The molecule has 0 aliphatic carbocycles. The zero-order valence-corrected chi connectivity index (χ0v) is 10.6. The molecule has 1 atom stereocenters. The summed E-state index contributed by atoms with van der Waals surface area (Å²) in [6.07, 6.45) is -0.842. The molecule has 2 aromatic carbocycles. The van der Waals surface area contributed by atoms with E-state index in [1.807, 2.05) is 18.2 Å². The highest BCUT2D eigenvalue weighted by Gasteiger charge is 2.03. The van der Waals surface area contributed by atoms with Gasteiger partial charge in [0.1, 0.15) is 11.9 Å². The Hall–Kier alpha value is -2.44. The normalized spacial score (nSPS) is 11.3. The number of hydrogen-bond donors (Lipinski definition) is 2. The highest BCUT2D eigenvalue weighted by atomic mass is 16.5. The van der Waals surface area contributed by atoms with Crippen molar-refractivity contribution >= 4 is 5.69 Å². The van der Waals surface area contributed by atoms with Gasteiger partial charge < -0.3 is 15.6 Å². The Bertz CT molecular complexity index is 609. The second kappa shape index (κ2) is 5.94. The van der Waals surface area contributed by atoms with Crippen molar-refractivity contribution in [3.63, 3.8) is 0 Å². The minimum absolute atomic E-state index is 0.608. The van der Waals surface area contributed by atoms with Gasteiger partial charge in [0.25, 0.3) is 0 Å². The maximum Gasteiger partial charge on any atom is 0.140 e. The van der Waals surface area contributed by atoms with Crippen LogP contribution in [0.1, 0.15) is 17.2 Å². The number of nitrogens with two attached hydrogens (primary N) is 1. The molecule has 0 saturated heterocycles. The van der Waals surface area contributed by atoms with Crippen molar-refractivity contribution in [3.05, 3.63) is 59.7 Å². The molecule has 0 aliphatic heterocycles. The van der Waals surface area contributed by atoms with E-state index in [0.29, 0.717) is 5.69 Å². The number of hydrogen-bond acceptors (Lipinski definition) is 3. The molecule has 0 saturated carbocycles. The summed E-state index contributed by atoms with van der Waals surface area (Å²) in [5.74, 6) is 6.41. The minimum atomic E-state index is -0.842. The molecule has 0 aromatic heterocycles. The Morgan fingerprint density at radius 1 is 1.11 bits per heavy atom. The monoisotopic (exact) mass is 253 g/mol. The highest BCUT2D eigenvalue weighted by Crippen LogP contribution is 2.17. The van der Waals surface area contributed by atoms with Gasteiger partial charge in [-0.05, 0) is 29.8 Å². The number of aliphatic hydroxyl groups excluding tert-OH is 1. The van der Waals surface area contributed by atoms with Crippen molar-refractivity contribution in [1.29, 1.82) is 0 Å². The maximum absolute atomic E-state index is 9.98. The van der Waals surface area contributed by atoms with Crippen LogP contribution in [0.2, 0.25) is 0 Å². The molecule has 1 unspecified atom stereocenters. The standard InChI is InChI=1S/C16H15NO2/c1-19-14-9-6-13(7-10-14)16(18)11-8-12-4-2-3-5-15(12)17/h2-7,9-10,16,18H,17H2,1H3. The number of nitrogen functional groups attached to an aromatic ring is 1. The Kier molecular flexibility index (Phi) is 4.07. The topological polar surface area (TPSA) is 55.5 Å². The van der Waals surface area contributed by atoms with E-state index in [0.717, 1.165) is 16.9 Å². The van der Waals surface area contributed by atoms with Crippen LogP contribution in [0.4, 0.5) is 5.69 Å². The molecule has 0 heterocycles. The maximum atomic E-state index is 9.98. The van der Waals surface area contributed by atoms with Crippen LogP contribution in [-0.2, 0) is 0 Å². The average Bonchev–Trinajstić information content (AvgIpc) is 2.46. The fourth-order valence-corrected chi connectivity index (χ4v) is 1.63. The summed E-state index contributed by atoms with van der Waals surface area (Å²) < 4.78 is 5.06. The lowest BCUT2D eigenvalue weighted by molar-refractivity contribution is 0.238. The van der Waals surface area contributed by atoms with Crippen LogP contribution in [-0.4, -0.2) is 12.2 Å². The van der Waals surface area contributed by atoms with Crippen molar-refractivity contribution in [3.8, 4) is 17.6 Å². The number of para-hydroxylation sites is 1. The fraction of sp³-hybridized carbons (Fsp3) is 0.125. The first-order valence-electron chi connectivity index (χ1n) is 5.89. The van der Waals surface area contributed by atoms with Gasteiger partial charge in [-0.2, -0.15) is 0 Å². The zero-order chi connectivity index (χ0) is 13.7. The molecule has 0 spiro atoms. The first-order chi connectivity index (χ1) is 9.20. The molecule has 3 heteroatoms. The smallest absolute Gasteiger partial charge is 0.140 e. The summed E-state index contributed by atoms with van der Waals surface area (Å²) in [6, 6.07) is 14.5. The van der Waals surface area contributed by atoms with Crippen molar-refractivity contribution in [1.82, 2.24) is 0 Å². The van der Waals surface area contributed by atoms with Gasteiger partial charge in [-0.25, -0.2) is 0 Å². The van der Waals surface area contributed by atoms with Gasteiger partial charge in [-0.3, -0.25) is 0 Å². The van der Waals surface area contributed by atoms with E-state index >= 15 is 0 Å². The zero-order valence-electron chi connectivity index (χ0n) is 10.6. The molecule has 0 aliphatic rings. The lowest BCUT2D eigenvalue weighted by Gasteiger charge is -2.05. The lowest BCUT2D eigenvalue weighted by atomic mass is 10.1. The third-order valence-electron chi connectivity index (χ3n) is 2.74. The van der Waals surface area contributed by atoms with Crippen LogP contribution in [0.5, 0.6) is 5.75 Å². The summed E-state index contributed by atoms with van der Waals surface area (Å²) >= 11 is 0. The number of benzene rings is 2. The third-order valence-corrected chi connectivity index (χ3v) is 2.74. The van der Waals surface area contributed by atoms with E-state index in [9.17, 15) is 5.11 Å². The van der Waals surface area contributed by atoms with Gasteiger partial charge in [0.05, 0.1) is 7.11 Å². The van der Waals surface area contributed by atoms with E-state index in [2.05, 4.69) is 11.8 Å². The van der Waals surface area contributed by atoms with Crippen LogP contribution in [0.15, 0.2) is 48.5 Å². The molecule has 0 amide bonds. The summed E-state index contributed by atoms with van der Waals surface area (Å²) in [5.41, 5.74) is 7.83. The SMILES string of the molecule is COc1ccc(C(O)C#Cc2ccccc2N)cc1. The summed E-state index contributed by atoms with van der Waals surface area (Å²) in [7, 11) is 1.60. The molecule has 3 nitrogen and oxygen atoms in total. The molecule has 0 radical (unpaired) electrons. The van der Waals surface area contributed by atoms with Gasteiger partial charge in [0, 0.05) is 11.3 Å². The van der Waals surface area contributed by atoms with E-state index in [4.69, 9.17) is 10.5 Å². The first-order valence-corrected chi connectivity index (χ1v) is 5.89.